The van der Waals surface area contributed by atoms with E-state index in [1.54, 1.807) is 24.4 Å². The first-order valence-corrected chi connectivity index (χ1v) is 7.61. The highest BCUT2D eigenvalue weighted by Crippen LogP contribution is 2.29. The predicted octanol–water partition coefficient (Wildman–Crippen LogP) is 1.32. The Morgan fingerprint density at radius 1 is 1.29 bits per heavy atom. The van der Waals surface area contributed by atoms with E-state index in [0.717, 1.165) is 5.75 Å². The molecule has 0 aliphatic carbocycles. The molecule has 1 atom stereocenters. The number of nitrogens with one attached hydrogen (secondary N) is 1. The van der Waals surface area contributed by atoms with Crippen LogP contribution in [-0.2, 0) is 4.79 Å². The Morgan fingerprint density at radius 2 is 2.10 bits per heavy atom. The molecule has 108 valence electrons. The molecule has 1 fully saturated rings. The van der Waals surface area contributed by atoms with E-state index in [0.29, 0.717) is 28.8 Å². The van der Waals surface area contributed by atoms with Gasteiger partial charge >= 0.3 is 5.97 Å². The first-order chi connectivity index (χ1) is 10.1. The van der Waals surface area contributed by atoms with Crippen molar-refractivity contribution in [3.05, 3.63) is 36.2 Å². The number of nitrogens with zero attached hydrogens (tertiary/aromatic N) is 2. The molecule has 1 saturated heterocycles. The van der Waals surface area contributed by atoms with Gasteiger partial charge in [-0.05, 0) is 24.3 Å². The standard InChI is InChI=1S/C14H13N3O3S/c18-12(17-14(13(19)20)4-7-21-8-14)9-2-1-3-10-11(9)16-6-5-15-10/h1-3,5-6H,4,7-8H2,(H,17,18)(H,19,20). The second-order valence-electron chi connectivity index (χ2n) is 4.87. The van der Waals surface area contributed by atoms with Crippen molar-refractivity contribution in [2.75, 3.05) is 11.5 Å². The largest absolute Gasteiger partial charge is 0.479 e. The number of amides is 1. The van der Waals surface area contributed by atoms with E-state index in [9.17, 15) is 14.7 Å². The van der Waals surface area contributed by atoms with Gasteiger partial charge in [-0.2, -0.15) is 11.8 Å². The zero-order chi connectivity index (χ0) is 14.9. The Kier molecular flexibility index (Phi) is 3.50. The Morgan fingerprint density at radius 3 is 2.81 bits per heavy atom. The molecule has 2 aromatic rings. The van der Waals surface area contributed by atoms with Gasteiger partial charge in [0, 0.05) is 18.1 Å². The highest BCUT2D eigenvalue weighted by atomic mass is 32.2. The van der Waals surface area contributed by atoms with Gasteiger partial charge in [0.05, 0.1) is 11.1 Å². The molecule has 3 rings (SSSR count). The van der Waals surface area contributed by atoms with Crippen molar-refractivity contribution < 1.29 is 14.7 Å². The molecule has 0 spiro atoms. The van der Waals surface area contributed by atoms with Gasteiger partial charge in [-0.1, -0.05) is 6.07 Å². The van der Waals surface area contributed by atoms with Gasteiger partial charge in [0.25, 0.3) is 5.91 Å². The lowest BCUT2D eigenvalue weighted by molar-refractivity contribution is -0.143. The van der Waals surface area contributed by atoms with Crippen LogP contribution in [0.3, 0.4) is 0 Å². The second-order valence-corrected chi connectivity index (χ2v) is 5.98. The zero-order valence-electron chi connectivity index (χ0n) is 11.1. The second kappa shape index (κ2) is 5.33. The number of hydrogen-bond acceptors (Lipinski definition) is 5. The van der Waals surface area contributed by atoms with Crippen molar-refractivity contribution in [3.63, 3.8) is 0 Å². The Labute approximate surface area is 125 Å². The topological polar surface area (TPSA) is 92.2 Å². The van der Waals surface area contributed by atoms with Gasteiger partial charge in [0.1, 0.15) is 11.1 Å². The predicted molar refractivity (Wildman–Crippen MR) is 79.3 cm³/mol. The quantitative estimate of drug-likeness (QED) is 0.888. The van der Waals surface area contributed by atoms with Crippen LogP contribution >= 0.6 is 11.8 Å². The minimum Gasteiger partial charge on any atom is -0.479 e. The highest BCUT2D eigenvalue weighted by molar-refractivity contribution is 7.99. The number of benzene rings is 1. The number of hydrogen-bond donors (Lipinski definition) is 2. The summed E-state index contributed by atoms with van der Waals surface area (Å²) < 4.78 is 0. The maximum Gasteiger partial charge on any atom is 0.330 e. The fraction of sp³-hybridized carbons (Fsp3) is 0.286. The molecular formula is C14H13N3O3S. The number of carboxylic acids is 1. The van der Waals surface area contributed by atoms with Crippen molar-refractivity contribution in [2.24, 2.45) is 0 Å². The van der Waals surface area contributed by atoms with E-state index in [2.05, 4.69) is 15.3 Å². The Hall–Kier alpha value is -2.15. The molecule has 2 heterocycles. The highest BCUT2D eigenvalue weighted by Gasteiger charge is 2.43. The number of para-hydroxylation sites is 1. The zero-order valence-corrected chi connectivity index (χ0v) is 11.9. The van der Waals surface area contributed by atoms with Crippen LogP contribution in [0.25, 0.3) is 11.0 Å². The summed E-state index contributed by atoms with van der Waals surface area (Å²) in [6.45, 7) is 0. The van der Waals surface area contributed by atoms with E-state index < -0.39 is 17.4 Å². The van der Waals surface area contributed by atoms with E-state index >= 15 is 0 Å². The lowest BCUT2D eigenvalue weighted by atomic mass is 9.98. The Bertz CT molecular complexity index is 708. The average molecular weight is 303 g/mol. The fourth-order valence-corrected chi connectivity index (χ4v) is 3.67. The van der Waals surface area contributed by atoms with Crippen LogP contribution in [0, 0.1) is 0 Å². The summed E-state index contributed by atoms with van der Waals surface area (Å²) in [5.41, 5.74) is 0.240. The molecule has 1 aliphatic heterocycles. The third-order valence-electron chi connectivity index (χ3n) is 3.53. The SMILES string of the molecule is O=C(NC1(C(=O)O)CCSC1)c1cccc2nccnc12. The molecule has 1 aromatic carbocycles. The first kappa shape index (κ1) is 13.8. The lowest BCUT2D eigenvalue weighted by Crippen LogP contribution is -2.54. The summed E-state index contributed by atoms with van der Waals surface area (Å²) in [5.74, 6) is -0.315. The molecular weight excluding hydrogens is 290 g/mol. The molecule has 0 bridgehead atoms. The first-order valence-electron chi connectivity index (χ1n) is 6.46. The monoisotopic (exact) mass is 303 g/mol. The van der Waals surface area contributed by atoms with E-state index in [1.165, 1.54) is 18.0 Å². The van der Waals surface area contributed by atoms with Crippen molar-refractivity contribution >= 4 is 34.7 Å². The molecule has 6 nitrogen and oxygen atoms in total. The maximum absolute atomic E-state index is 12.5. The van der Waals surface area contributed by atoms with Crippen LogP contribution < -0.4 is 5.32 Å². The van der Waals surface area contributed by atoms with E-state index in [4.69, 9.17) is 0 Å². The van der Waals surface area contributed by atoms with E-state index in [1.807, 2.05) is 0 Å². The fourth-order valence-electron chi connectivity index (χ4n) is 2.35. The van der Waals surface area contributed by atoms with Gasteiger partial charge < -0.3 is 10.4 Å². The van der Waals surface area contributed by atoms with Crippen LogP contribution in [0.2, 0.25) is 0 Å². The van der Waals surface area contributed by atoms with Crippen molar-refractivity contribution in [3.8, 4) is 0 Å². The molecule has 0 radical (unpaired) electrons. The third-order valence-corrected chi connectivity index (χ3v) is 4.72. The minimum absolute atomic E-state index is 0.345. The van der Waals surface area contributed by atoms with Crippen molar-refractivity contribution in [1.82, 2.24) is 15.3 Å². The number of thioether (sulfide) groups is 1. The summed E-state index contributed by atoms with van der Waals surface area (Å²) in [7, 11) is 0. The number of carbonyl (C=O) groups excluding carboxylic acids is 1. The number of fused-ring (bicyclic) bond motifs is 1. The molecule has 21 heavy (non-hydrogen) atoms. The van der Waals surface area contributed by atoms with Gasteiger partial charge in [-0.3, -0.25) is 14.8 Å². The summed E-state index contributed by atoms with van der Waals surface area (Å²) in [6.07, 6.45) is 3.49. The summed E-state index contributed by atoms with van der Waals surface area (Å²) in [6, 6.07) is 5.10. The third kappa shape index (κ3) is 2.44. The van der Waals surface area contributed by atoms with Crippen LogP contribution in [-0.4, -0.2) is 44.0 Å². The van der Waals surface area contributed by atoms with E-state index in [-0.39, 0.29) is 0 Å². The summed E-state index contributed by atoms with van der Waals surface area (Å²) >= 11 is 1.53. The number of carbonyl (C=O) groups is 2. The van der Waals surface area contributed by atoms with Crippen molar-refractivity contribution in [2.45, 2.75) is 12.0 Å². The van der Waals surface area contributed by atoms with Crippen LogP contribution in [0.15, 0.2) is 30.6 Å². The number of aliphatic carboxylic acids is 1. The minimum atomic E-state index is -1.19. The van der Waals surface area contributed by atoms with Crippen LogP contribution in [0.1, 0.15) is 16.8 Å². The number of rotatable bonds is 3. The van der Waals surface area contributed by atoms with Crippen LogP contribution in [0.5, 0.6) is 0 Å². The maximum atomic E-state index is 12.5. The lowest BCUT2D eigenvalue weighted by Gasteiger charge is -2.24. The molecule has 2 N–H and O–H groups in total. The Balaban J connectivity index is 1.96. The van der Waals surface area contributed by atoms with Gasteiger partial charge in [-0.25, -0.2) is 4.79 Å². The average Bonchev–Trinajstić information content (AvgIpc) is 2.96. The van der Waals surface area contributed by atoms with Crippen molar-refractivity contribution in [1.29, 1.82) is 0 Å². The molecule has 1 aromatic heterocycles. The molecule has 0 saturated carbocycles. The molecule has 1 unspecified atom stereocenters. The molecule has 7 heteroatoms. The van der Waals surface area contributed by atoms with Gasteiger partial charge in [0.2, 0.25) is 0 Å². The molecule has 1 amide bonds. The normalized spacial score (nSPS) is 21.3. The number of carboxylic acid groups (broad SMARTS) is 1. The van der Waals surface area contributed by atoms with Gasteiger partial charge in [0.15, 0.2) is 0 Å². The van der Waals surface area contributed by atoms with Gasteiger partial charge in [-0.15, -0.1) is 0 Å². The molecule has 1 aliphatic rings. The smallest absolute Gasteiger partial charge is 0.330 e. The number of aromatic nitrogens is 2. The van der Waals surface area contributed by atoms with Crippen LogP contribution in [0.4, 0.5) is 0 Å². The summed E-state index contributed by atoms with van der Waals surface area (Å²) in [4.78, 5) is 32.3. The summed E-state index contributed by atoms with van der Waals surface area (Å²) in [5, 5.41) is 12.1.